The van der Waals surface area contributed by atoms with Crippen molar-refractivity contribution in [1.29, 1.82) is 0 Å². The second-order valence-corrected chi connectivity index (χ2v) is 5.65. The van der Waals surface area contributed by atoms with E-state index in [9.17, 15) is 14.4 Å². The molecule has 2 heterocycles. The van der Waals surface area contributed by atoms with Gasteiger partial charge in [-0.1, -0.05) is 0 Å². The van der Waals surface area contributed by atoms with E-state index in [1.165, 1.54) is 12.3 Å². The number of ether oxygens (including phenoxy) is 2. The summed E-state index contributed by atoms with van der Waals surface area (Å²) < 4.78 is 15.0. The minimum atomic E-state index is -0.614. The summed E-state index contributed by atoms with van der Waals surface area (Å²) in [5.74, 6) is -1.60. The molecule has 7 nitrogen and oxygen atoms in total. The maximum absolute atomic E-state index is 12.2. The van der Waals surface area contributed by atoms with Gasteiger partial charge in [0.05, 0.1) is 25.0 Å². The fourth-order valence-electron chi connectivity index (χ4n) is 2.01. The standard InChI is InChI=1S/C16H17NO6S/c1-4-21-15(19)11-9(3)12(16(20)22-5-2)24-14(11)17-13(18)10-7-6-8-23-10/h6-8H,4-5H2,1-3H3,(H,17,18). The van der Waals surface area contributed by atoms with Crippen molar-refractivity contribution in [2.45, 2.75) is 20.8 Å². The molecule has 0 atom stereocenters. The topological polar surface area (TPSA) is 94.8 Å². The second-order valence-electron chi connectivity index (χ2n) is 4.63. The Hall–Kier alpha value is -2.61. The minimum Gasteiger partial charge on any atom is -0.462 e. The molecular weight excluding hydrogens is 334 g/mol. The van der Waals surface area contributed by atoms with Crippen molar-refractivity contribution < 1.29 is 28.3 Å². The summed E-state index contributed by atoms with van der Waals surface area (Å²) in [7, 11) is 0. The monoisotopic (exact) mass is 351 g/mol. The van der Waals surface area contributed by atoms with Gasteiger partial charge in [-0.3, -0.25) is 4.79 Å². The molecule has 0 aliphatic rings. The lowest BCUT2D eigenvalue weighted by Gasteiger charge is -2.06. The molecule has 0 unspecified atom stereocenters. The number of amides is 1. The average Bonchev–Trinajstić information content (AvgIpc) is 3.16. The Labute approximate surface area is 142 Å². The first kappa shape index (κ1) is 17.7. The fourth-order valence-corrected chi connectivity index (χ4v) is 3.10. The van der Waals surface area contributed by atoms with Crippen molar-refractivity contribution >= 4 is 34.2 Å². The van der Waals surface area contributed by atoms with Crippen LogP contribution in [0.25, 0.3) is 0 Å². The highest BCUT2D eigenvalue weighted by Gasteiger charge is 2.27. The third-order valence-electron chi connectivity index (χ3n) is 3.06. The van der Waals surface area contributed by atoms with Gasteiger partial charge in [-0.2, -0.15) is 0 Å². The van der Waals surface area contributed by atoms with E-state index in [0.717, 1.165) is 11.3 Å². The summed E-state index contributed by atoms with van der Waals surface area (Å²) in [5, 5.41) is 2.81. The molecule has 0 bridgehead atoms. The van der Waals surface area contributed by atoms with Gasteiger partial charge >= 0.3 is 11.9 Å². The molecule has 0 radical (unpaired) electrons. The van der Waals surface area contributed by atoms with Gasteiger partial charge in [0.2, 0.25) is 0 Å². The third-order valence-corrected chi connectivity index (χ3v) is 4.25. The van der Waals surface area contributed by atoms with Gasteiger partial charge in [0, 0.05) is 0 Å². The molecule has 1 N–H and O–H groups in total. The van der Waals surface area contributed by atoms with Gasteiger partial charge in [-0.25, -0.2) is 9.59 Å². The molecule has 0 fully saturated rings. The second kappa shape index (κ2) is 7.78. The molecule has 0 spiro atoms. The van der Waals surface area contributed by atoms with E-state index >= 15 is 0 Å². The summed E-state index contributed by atoms with van der Waals surface area (Å²) in [6.45, 7) is 5.35. The van der Waals surface area contributed by atoms with Crippen LogP contribution < -0.4 is 5.32 Å². The lowest BCUT2D eigenvalue weighted by Crippen LogP contribution is -2.14. The molecule has 1 amide bonds. The molecule has 2 rings (SSSR count). The molecule has 24 heavy (non-hydrogen) atoms. The molecule has 128 valence electrons. The summed E-state index contributed by atoms with van der Waals surface area (Å²) in [4.78, 5) is 36.6. The Morgan fingerprint density at radius 2 is 1.83 bits per heavy atom. The molecule has 0 saturated heterocycles. The van der Waals surface area contributed by atoms with Crippen molar-refractivity contribution in [3.8, 4) is 0 Å². The Morgan fingerprint density at radius 1 is 1.17 bits per heavy atom. The van der Waals surface area contributed by atoms with Crippen molar-refractivity contribution in [2.24, 2.45) is 0 Å². The number of hydrogen-bond donors (Lipinski definition) is 1. The highest BCUT2D eigenvalue weighted by molar-refractivity contribution is 7.18. The number of carbonyl (C=O) groups is 3. The quantitative estimate of drug-likeness (QED) is 0.803. The van der Waals surface area contributed by atoms with Crippen LogP contribution in [0.3, 0.4) is 0 Å². The van der Waals surface area contributed by atoms with E-state index in [2.05, 4.69) is 5.32 Å². The number of rotatable bonds is 6. The Morgan fingerprint density at radius 3 is 2.42 bits per heavy atom. The molecule has 2 aromatic rings. The smallest absolute Gasteiger partial charge is 0.348 e. The number of hydrogen-bond acceptors (Lipinski definition) is 7. The first-order valence-electron chi connectivity index (χ1n) is 7.32. The van der Waals surface area contributed by atoms with Crippen LogP contribution in [0.15, 0.2) is 22.8 Å². The van der Waals surface area contributed by atoms with Crippen molar-refractivity contribution in [3.63, 3.8) is 0 Å². The number of furan rings is 1. The Bertz CT molecular complexity index is 747. The average molecular weight is 351 g/mol. The van der Waals surface area contributed by atoms with Crippen LogP contribution >= 0.6 is 11.3 Å². The van der Waals surface area contributed by atoms with Crippen LogP contribution in [0.1, 0.15) is 50.0 Å². The maximum atomic E-state index is 12.2. The van der Waals surface area contributed by atoms with Gasteiger partial charge in [0.25, 0.3) is 5.91 Å². The van der Waals surface area contributed by atoms with Gasteiger partial charge in [-0.15, -0.1) is 11.3 Å². The highest BCUT2D eigenvalue weighted by Crippen LogP contribution is 2.34. The number of thiophene rings is 1. The molecule has 0 saturated carbocycles. The third kappa shape index (κ3) is 3.65. The first-order chi connectivity index (χ1) is 11.5. The minimum absolute atomic E-state index is 0.0912. The van der Waals surface area contributed by atoms with E-state index in [4.69, 9.17) is 13.9 Å². The van der Waals surface area contributed by atoms with Crippen LogP contribution in [0.4, 0.5) is 5.00 Å². The Balaban J connectivity index is 2.40. The SMILES string of the molecule is CCOC(=O)c1sc(NC(=O)c2ccco2)c(C(=O)OCC)c1C. The summed E-state index contributed by atoms with van der Waals surface area (Å²) in [6.07, 6.45) is 1.37. The molecular formula is C16H17NO6S. The van der Waals surface area contributed by atoms with E-state index in [1.54, 1.807) is 26.8 Å². The van der Waals surface area contributed by atoms with Gasteiger partial charge in [-0.05, 0) is 38.5 Å². The van der Waals surface area contributed by atoms with Crippen LogP contribution in [0.5, 0.6) is 0 Å². The van der Waals surface area contributed by atoms with E-state index < -0.39 is 17.8 Å². The highest BCUT2D eigenvalue weighted by atomic mass is 32.1. The van der Waals surface area contributed by atoms with Crippen LogP contribution in [0.2, 0.25) is 0 Å². The van der Waals surface area contributed by atoms with Crippen LogP contribution in [-0.4, -0.2) is 31.1 Å². The lowest BCUT2D eigenvalue weighted by molar-refractivity contribution is 0.0527. The lowest BCUT2D eigenvalue weighted by atomic mass is 10.1. The van der Waals surface area contributed by atoms with Crippen molar-refractivity contribution in [3.05, 3.63) is 40.2 Å². The summed E-state index contributed by atoms with van der Waals surface area (Å²) in [5.41, 5.74) is 0.552. The fraction of sp³-hybridized carbons (Fsp3) is 0.312. The number of carbonyl (C=O) groups excluding carboxylic acids is 3. The summed E-state index contributed by atoms with van der Waals surface area (Å²) in [6, 6.07) is 3.07. The van der Waals surface area contributed by atoms with Crippen LogP contribution in [-0.2, 0) is 9.47 Å². The van der Waals surface area contributed by atoms with E-state index in [-0.39, 0.29) is 34.4 Å². The zero-order valence-corrected chi connectivity index (χ0v) is 14.3. The zero-order chi connectivity index (χ0) is 17.7. The van der Waals surface area contributed by atoms with Crippen LogP contribution in [0, 0.1) is 6.92 Å². The predicted molar refractivity (Wildman–Crippen MR) is 87.6 cm³/mol. The molecule has 0 aliphatic carbocycles. The number of nitrogens with one attached hydrogen (secondary N) is 1. The van der Waals surface area contributed by atoms with E-state index in [1.807, 2.05) is 0 Å². The van der Waals surface area contributed by atoms with Crippen molar-refractivity contribution in [2.75, 3.05) is 18.5 Å². The largest absolute Gasteiger partial charge is 0.462 e. The van der Waals surface area contributed by atoms with Gasteiger partial charge < -0.3 is 19.2 Å². The molecule has 8 heteroatoms. The molecule has 0 aliphatic heterocycles. The number of esters is 2. The van der Waals surface area contributed by atoms with Gasteiger partial charge in [0.15, 0.2) is 5.76 Å². The summed E-state index contributed by atoms with van der Waals surface area (Å²) >= 11 is 0.965. The first-order valence-corrected chi connectivity index (χ1v) is 8.13. The number of anilines is 1. The Kier molecular flexibility index (Phi) is 5.75. The van der Waals surface area contributed by atoms with Gasteiger partial charge in [0.1, 0.15) is 9.88 Å². The van der Waals surface area contributed by atoms with Crippen molar-refractivity contribution in [1.82, 2.24) is 0 Å². The zero-order valence-electron chi connectivity index (χ0n) is 13.5. The molecule has 0 aromatic carbocycles. The van der Waals surface area contributed by atoms with E-state index in [0.29, 0.717) is 5.56 Å². The normalized spacial score (nSPS) is 10.3. The maximum Gasteiger partial charge on any atom is 0.348 e. The predicted octanol–water partition coefficient (Wildman–Crippen LogP) is 3.26. The molecule has 2 aromatic heterocycles.